The summed E-state index contributed by atoms with van der Waals surface area (Å²) in [5.74, 6) is 0.857. The number of nitrogens with one attached hydrogen (secondary N) is 1. The fourth-order valence-electron chi connectivity index (χ4n) is 2.78. The molecule has 2 heterocycles. The number of aryl methyl sites for hydroxylation is 1. The second kappa shape index (κ2) is 6.27. The van der Waals surface area contributed by atoms with E-state index in [-0.39, 0.29) is 23.1 Å². The molecule has 1 atom stereocenters. The van der Waals surface area contributed by atoms with Crippen molar-refractivity contribution in [3.63, 3.8) is 0 Å². The van der Waals surface area contributed by atoms with Gasteiger partial charge in [0.25, 0.3) is 5.56 Å². The lowest BCUT2D eigenvalue weighted by molar-refractivity contribution is 0.415. The molecule has 24 heavy (non-hydrogen) atoms. The Bertz CT molecular complexity index is 923. The Hall–Kier alpha value is -2.35. The van der Waals surface area contributed by atoms with Gasteiger partial charge in [-0.05, 0) is 37.6 Å². The number of nitrogens with zero attached hydrogens (tertiary/aromatic N) is 2. The van der Waals surface area contributed by atoms with E-state index in [1.54, 1.807) is 38.3 Å². The van der Waals surface area contributed by atoms with E-state index in [1.165, 1.54) is 10.9 Å². The van der Waals surface area contributed by atoms with Crippen LogP contribution in [0, 0.1) is 6.92 Å². The van der Waals surface area contributed by atoms with E-state index in [9.17, 15) is 13.2 Å². The summed E-state index contributed by atoms with van der Waals surface area (Å²) < 4.78 is 29.7. The molecule has 1 aromatic heterocycles. The predicted octanol–water partition coefficient (Wildman–Crippen LogP) is 1.60. The molecule has 8 heteroatoms. The van der Waals surface area contributed by atoms with Gasteiger partial charge in [0.2, 0.25) is 0 Å². The SMILES string of the molecule is COc1ccc(N=Cc2c(C)[nH]n([C@@H]3CCS(=O)(=O)C3)c2=O)cc1. The first-order chi connectivity index (χ1) is 11.4. The van der Waals surface area contributed by atoms with Crippen LogP contribution in [0.2, 0.25) is 0 Å². The number of hydrogen-bond acceptors (Lipinski definition) is 5. The molecule has 128 valence electrons. The number of aromatic nitrogens is 2. The quantitative estimate of drug-likeness (QED) is 0.849. The lowest BCUT2D eigenvalue weighted by atomic mass is 10.2. The summed E-state index contributed by atoms with van der Waals surface area (Å²) in [6.45, 7) is 1.77. The van der Waals surface area contributed by atoms with Gasteiger partial charge in [-0.1, -0.05) is 0 Å². The summed E-state index contributed by atoms with van der Waals surface area (Å²) >= 11 is 0. The molecule has 0 spiro atoms. The minimum Gasteiger partial charge on any atom is -0.497 e. The zero-order chi connectivity index (χ0) is 17.3. The van der Waals surface area contributed by atoms with E-state index in [0.717, 1.165) is 5.75 Å². The van der Waals surface area contributed by atoms with Crippen LogP contribution in [-0.2, 0) is 9.84 Å². The van der Waals surface area contributed by atoms with E-state index < -0.39 is 9.84 Å². The molecule has 1 aliphatic heterocycles. The Balaban J connectivity index is 1.86. The van der Waals surface area contributed by atoms with E-state index >= 15 is 0 Å². The van der Waals surface area contributed by atoms with E-state index in [1.807, 2.05) is 0 Å². The van der Waals surface area contributed by atoms with E-state index in [2.05, 4.69) is 10.1 Å². The highest BCUT2D eigenvalue weighted by Gasteiger charge is 2.31. The number of H-pyrrole nitrogens is 1. The average Bonchev–Trinajstić information content (AvgIpc) is 3.05. The maximum absolute atomic E-state index is 12.5. The average molecular weight is 349 g/mol. The lowest BCUT2D eigenvalue weighted by Gasteiger charge is -2.07. The molecule has 0 unspecified atom stereocenters. The van der Waals surface area contributed by atoms with Crippen LogP contribution in [0.15, 0.2) is 34.1 Å². The Morgan fingerprint density at radius 2 is 2.04 bits per heavy atom. The molecule has 0 bridgehead atoms. The van der Waals surface area contributed by atoms with Crippen molar-refractivity contribution in [1.82, 2.24) is 9.78 Å². The Morgan fingerprint density at radius 1 is 1.33 bits per heavy atom. The van der Waals surface area contributed by atoms with Gasteiger partial charge in [0, 0.05) is 11.9 Å². The number of sulfone groups is 1. The molecule has 0 amide bonds. The van der Waals surface area contributed by atoms with Crippen LogP contribution < -0.4 is 10.3 Å². The molecule has 1 saturated heterocycles. The summed E-state index contributed by atoms with van der Waals surface area (Å²) in [5.41, 5.74) is 1.56. The first-order valence-corrected chi connectivity index (χ1v) is 9.41. The van der Waals surface area contributed by atoms with Crippen molar-refractivity contribution in [2.75, 3.05) is 18.6 Å². The van der Waals surface area contributed by atoms with Crippen LogP contribution in [0.4, 0.5) is 5.69 Å². The highest BCUT2D eigenvalue weighted by molar-refractivity contribution is 7.91. The third-order valence-electron chi connectivity index (χ3n) is 4.13. The standard InChI is InChI=1S/C16H19N3O4S/c1-11-15(9-17-12-3-5-14(23-2)6-4-12)16(20)19(18-11)13-7-8-24(21,22)10-13/h3-6,9,13,18H,7-8,10H2,1-2H3/t13-/m1/s1. The molecular formula is C16H19N3O4S. The van der Waals surface area contributed by atoms with Crippen molar-refractivity contribution in [3.05, 3.63) is 45.9 Å². The van der Waals surface area contributed by atoms with Gasteiger partial charge in [-0.25, -0.2) is 13.1 Å². The summed E-state index contributed by atoms with van der Waals surface area (Å²) in [6.07, 6.45) is 1.97. The maximum Gasteiger partial charge on any atom is 0.275 e. The number of aromatic amines is 1. The molecule has 1 aliphatic rings. The van der Waals surface area contributed by atoms with Gasteiger partial charge in [-0.3, -0.25) is 14.9 Å². The van der Waals surface area contributed by atoms with Gasteiger partial charge < -0.3 is 4.74 Å². The van der Waals surface area contributed by atoms with Crippen molar-refractivity contribution < 1.29 is 13.2 Å². The molecule has 0 aliphatic carbocycles. The second-order valence-electron chi connectivity index (χ2n) is 5.84. The molecule has 0 saturated carbocycles. The zero-order valence-corrected chi connectivity index (χ0v) is 14.3. The first-order valence-electron chi connectivity index (χ1n) is 7.59. The number of hydrogen-bond donors (Lipinski definition) is 1. The van der Waals surface area contributed by atoms with Gasteiger partial charge in [-0.15, -0.1) is 0 Å². The summed E-state index contributed by atoms with van der Waals surface area (Å²) in [6, 6.07) is 6.83. The Kier molecular flexibility index (Phi) is 4.31. The second-order valence-corrected chi connectivity index (χ2v) is 8.07. The molecule has 1 fully saturated rings. The molecule has 1 N–H and O–H groups in total. The summed E-state index contributed by atoms with van der Waals surface area (Å²) in [4.78, 5) is 16.8. The van der Waals surface area contributed by atoms with Crippen molar-refractivity contribution in [2.24, 2.45) is 4.99 Å². The van der Waals surface area contributed by atoms with Crippen molar-refractivity contribution in [3.8, 4) is 5.75 Å². The van der Waals surface area contributed by atoms with Gasteiger partial charge in [0.1, 0.15) is 5.75 Å². The van der Waals surface area contributed by atoms with Crippen molar-refractivity contribution >= 4 is 21.7 Å². The number of ether oxygens (including phenoxy) is 1. The molecule has 3 rings (SSSR count). The number of rotatable bonds is 4. The number of benzene rings is 1. The number of methoxy groups -OCH3 is 1. The fraction of sp³-hybridized carbons (Fsp3) is 0.375. The van der Waals surface area contributed by atoms with Crippen molar-refractivity contribution in [2.45, 2.75) is 19.4 Å². The minimum absolute atomic E-state index is 0.00191. The maximum atomic E-state index is 12.5. The Labute approximate surface area is 139 Å². The minimum atomic E-state index is -3.05. The molecule has 0 radical (unpaired) electrons. The highest BCUT2D eigenvalue weighted by atomic mass is 32.2. The third-order valence-corrected chi connectivity index (χ3v) is 5.88. The third kappa shape index (κ3) is 3.28. The van der Waals surface area contributed by atoms with Gasteiger partial charge >= 0.3 is 0 Å². The summed E-state index contributed by atoms with van der Waals surface area (Å²) in [7, 11) is -1.46. The zero-order valence-electron chi connectivity index (χ0n) is 13.5. The molecule has 7 nitrogen and oxygen atoms in total. The highest BCUT2D eigenvalue weighted by Crippen LogP contribution is 2.22. The van der Waals surface area contributed by atoms with Crippen LogP contribution in [0.5, 0.6) is 5.75 Å². The van der Waals surface area contributed by atoms with Gasteiger partial charge in [-0.2, -0.15) is 0 Å². The predicted molar refractivity (Wildman–Crippen MR) is 92.3 cm³/mol. The van der Waals surface area contributed by atoms with Crippen molar-refractivity contribution in [1.29, 1.82) is 0 Å². The molecular weight excluding hydrogens is 330 g/mol. The van der Waals surface area contributed by atoms with Crippen LogP contribution >= 0.6 is 0 Å². The van der Waals surface area contributed by atoms with Crippen LogP contribution in [-0.4, -0.2) is 43.0 Å². The van der Waals surface area contributed by atoms with E-state index in [0.29, 0.717) is 23.4 Å². The van der Waals surface area contributed by atoms with Crippen LogP contribution in [0.3, 0.4) is 0 Å². The molecule has 2 aromatic rings. The van der Waals surface area contributed by atoms with Gasteiger partial charge in [0.05, 0.1) is 35.9 Å². The first kappa shape index (κ1) is 16.5. The van der Waals surface area contributed by atoms with Crippen LogP contribution in [0.25, 0.3) is 0 Å². The fourth-order valence-corrected chi connectivity index (χ4v) is 4.48. The smallest absolute Gasteiger partial charge is 0.275 e. The number of aliphatic imine (C=N–C) groups is 1. The van der Waals surface area contributed by atoms with E-state index in [4.69, 9.17) is 4.74 Å². The monoisotopic (exact) mass is 349 g/mol. The topological polar surface area (TPSA) is 93.5 Å². The molecule has 1 aromatic carbocycles. The Morgan fingerprint density at radius 3 is 2.62 bits per heavy atom. The van der Waals surface area contributed by atoms with Crippen LogP contribution in [0.1, 0.15) is 23.7 Å². The summed E-state index contributed by atoms with van der Waals surface area (Å²) in [5, 5.41) is 2.98. The lowest BCUT2D eigenvalue weighted by Crippen LogP contribution is -2.25. The normalized spacial score (nSPS) is 19.8. The largest absolute Gasteiger partial charge is 0.497 e. The van der Waals surface area contributed by atoms with Gasteiger partial charge in [0.15, 0.2) is 9.84 Å².